The topological polar surface area (TPSA) is 73.7 Å². The predicted octanol–water partition coefficient (Wildman–Crippen LogP) is -0.00890. The van der Waals surface area contributed by atoms with Gasteiger partial charge in [-0.1, -0.05) is 0 Å². The summed E-state index contributed by atoms with van der Waals surface area (Å²) in [6.45, 7) is 4.86. The molecule has 0 atom stereocenters. The third-order valence-electron chi connectivity index (χ3n) is 1.26. The zero-order chi connectivity index (χ0) is 10.3. The smallest absolute Gasteiger partial charge is 0.199 e. The van der Waals surface area contributed by atoms with Gasteiger partial charge in [0.05, 0.1) is 5.70 Å². The quantitative estimate of drug-likeness (QED) is 0.349. The maximum Gasteiger partial charge on any atom is 0.199 e. The molecule has 0 saturated carbocycles. The lowest BCUT2D eigenvalue weighted by atomic mass is 10.4. The second kappa shape index (κ2) is 6.71. The summed E-state index contributed by atoms with van der Waals surface area (Å²) in [6.07, 6.45) is 1.07. The standard InChI is InChI=1S/C8H19N3O2/c1-4-12-8(13-5-2)7(9)6-11(3)10/h6,8H,4-5,9-10H2,1-3H3/b7-6-. The molecule has 0 bridgehead atoms. The fourth-order valence-electron chi connectivity index (χ4n) is 0.839. The van der Waals surface area contributed by atoms with Crippen molar-refractivity contribution in [2.75, 3.05) is 20.3 Å². The molecule has 78 valence electrons. The number of hydrazine groups is 1. The highest BCUT2D eigenvalue weighted by Crippen LogP contribution is 2.03. The van der Waals surface area contributed by atoms with E-state index in [1.165, 1.54) is 5.01 Å². The molecule has 0 aromatic heterocycles. The van der Waals surface area contributed by atoms with E-state index in [0.29, 0.717) is 18.9 Å². The van der Waals surface area contributed by atoms with Gasteiger partial charge >= 0.3 is 0 Å². The molecule has 0 saturated heterocycles. The lowest BCUT2D eigenvalue weighted by Crippen LogP contribution is -2.29. The molecule has 0 amide bonds. The third kappa shape index (κ3) is 5.46. The van der Waals surface area contributed by atoms with Crippen molar-refractivity contribution in [3.63, 3.8) is 0 Å². The first-order valence-corrected chi connectivity index (χ1v) is 4.29. The second-order valence-electron chi connectivity index (χ2n) is 2.54. The summed E-state index contributed by atoms with van der Waals surface area (Å²) in [6, 6.07) is 0. The van der Waals surface area contributed by atoms with Gasteiger partial charge in [-0.3, -0.25) is 0 Å². The highest BCUT2D eigenvalue weighted by Gasteiger charge is 2.10. The van der Waals surface area contributed by atoms with Gasteiger partial charge in [-0.15, -0.1) is 0 Å². The molecule has 0 aromatic rings. The number of hydrogen-bond acceptors (Lipinski definition) is 5. The van der Waals surface area contributed by atoms with Crippen LogP contribution in [0.5, 0.6) is 0 Å². The van der Waals surface area contributed by atoms with Gasteiger partial charge < -0.3 is 20.2 Å². The van der Waals surface area contributed by atoms with Crippen molar-refractivity contribution < 1.29 is 9.47 Å². The fourth-order valence-corrected chi connectivity index (χ4v) is 0.839. The minimum atomic E-state index is -0.499. The van der Waals surface area contributed by atoms with Gasteiger partial charge in [0.25, 0.3) is 0 Å². The summed E-state index contributed by atoms with van der Waals surface area (Å²) in [5.41, 5.74) is 6.15. The van der Waals surface area contributed by atoms with Crippen LogP contribution in [-0.2, 0) is 9.47 Å². The van der Waals surface area contributed by atoms with Crippen molar-refractivity contribution >= 4 is 0 Å². The van der Waals surface area contributed by atoms with Crippen molar-refractivity contribution in [1.82, 2.24) is 5.01 Å². The molecule has 0 heterocycles. The maximum absolute atomic E-state index is 5.68. The zero-order valence-electron chi connectivity index (χ0n) is 8.49. The van der Waals surface area contributed by atoms with Crippen molar-refractivity contribution in [2.24, 2.45) is 11.6 Å². The Balaban J connectivity index is 4.17. The molecule has 0 aromatic carbocycles. The van der Waals surface area contributed by atoms with E-state index in [1.807, 2.05) is 13.8 Å². The van der Waals surface area contributed by atoms with Gasteiger partial charge in [0.2, 0.25) is 0 Å². The highest BCUT2D eigenvalue weighted by atomic mass is 16.7. The molecular formula is C8H19N3O2. The minimum Gasteiger partial charge on any atom is -0.397 e. The SMILES string of the molecule is CCOC(OCC)/C(N)=C/N(C)N. The van der Waals surface area contributed by atoms with Crippen LogP contribution in [-0.4, -0.2) is 31.6 Å². The summed E-state index contributed by atoms with van der Waals surface area (Å²) in [7, 11) is 1.68. The molecule has 0 aliphatic rings. The number of ether oxygens (including phenoxy) is 2. The molecule has 5 heteroatoms. The molecule has 0 spiro atoms. The monoisotopic (exact) mass is 189 g/mol. The molecule has 4 N–H and O–H groups in total. The van der Waals surface area contributed by atoms with Crippen molar-refractivity contribution in [1.29, 1.82) is 0 Å². The van der Waals surface area contributed by atoms with Crippen LogP contribution in [0, 0.1) is 0 Å². The average Bonchev–Trinajstić information content (AvgIpc) is 2.02. The highest BCUT2D eigenvalue weighted by molar-refractivity contribution is 4.98. The summed E-state index contributed by atoms with van der Waals surface area (Å²) in [5.74, 6) is 5.39. The first-order chi connectivity index (χ1) is 6.11. The van der Waals surface area contributed by atoms with Gasteiger partial charge in [0, 0.05) is 26.5 Å². The summed E-state index contributed by atoms with van der Waals surface area (Å²) in [5, 5.41) is 1.36. The van der Waals surface area contributed by atoms with Gasteiger partial charge in [0.1, 0.15) is 0 Å². The number of rotatable bonds is 6. The van der Waals surface area contributed by atoms with Gasteiger partial charge in [-0.25, -0.2) is 5.84 Å². The van der Waals surface area contributed by atoms with Crippen molar-refractivity contribution in [2.45, 2.75) is 20.1 Å². The van der Waals surface area contributed by atoms with Crippen LogP contribution in [0.3, 0.4) is 0 Å². The lowest BCUT2D eigenvalue weighted by Gasteiger charge is -2.18. The van der Waals surface area contributed by atoms with Crippen LogP contribution < -0.4 is 11.6 Å². The Morgan fingerprint density at radius 2 is 1.85 bits per heavy atom. The Labute approximate surface area is 79.2 Å². The van der Waals surface area contributed by atoms with Crippen molar-refractivity contribution in [3.8, 4) is 0 Å². The Morgan fingerprint density at radius 3 is 2.15 bits per heavy atom. The minimum absolute atomic E-state index is 0.466. The molecular weight excluding hydrogens is 170 g/mol. The van der Waals surface area contributed by atoms with E-state index in [2.05, 4.69) is 0 Å². The maximum atomic E-state index is 5.68. The Morgan fingerprint density at radius 1 is 1.38 bits per heavy atom. The Kier molecular flexibility index (Phi) is 6.30. The summed E-state index contributed by atoms with van der Waals surface area (Å²) in [4.78, 5) is 0. The number of nitrogens with zero attached hydrogens (tertiary/aromatic N) is 1. The van der Waals surface area contributed by atoms with Crippen LogP contribution >= 0.6 is 0 Å². The first kappa shape index (κ1) is 12.2. The third-order valence-corrected chi connectivity index (χ3v) is 1.26. The van der Waals surface area contributed by atoms with Crippen LogP contribution in [0.4, 0.5) is 0 Å². The lowest BCUT2D eigenvalue weighted by molar-refractivity contribution is -0.112. The number of hydrogen-bond donors (Lipinski definition) is 2. The van der Waals surface area contributed by atoms with E-state index >= 15 is 0 Å². The fraction of sp³-hybridized carbons (Fsp3) is 0.750. The van der Waals surface area contributed by atoms with E-state index in [0.717, 1.165) is 0 Å². The Hall–Kier alpha value is -0.780. The summed E-state index contributed by atoms with van der Waals surface area (Å²) >= 11 is 0. The molecule has 0 unspecified atom stereocenters. The van der Waals surface area contributed by atoms with E-state index in [4.69, 9.17) is 21.1 Å². The Bertz CT molecular complexity index is 153. The molecule has 0 fully saturated rings. The van der Waals surface area contributed by atoms with E-state index in [9.17, 15) is 0 Å². The van der Waals surface area contributed by atoms with E-state index in [1.54, 1.807) is 13.2 Å². The van der Waals surface area contributed by atoms with Crippen molar-refractivity contribution in [3.05, 3.63) is 11.9 Å². The summed E-state index contributed by atoms with van der Waals surface area (Å²) < 4.78 is 10.5. The largest absolute Gasteiger partial charge is 0.397 e. The molecule has 0 aliphatic heterocycles. The normalized spacial score (nSPS) is 12.2. The first-order valence-electron chi connectivity index (χ1n) is 4.29. The van der Waals surface area contributed by atoms with Crippen LogP contribution in [0.1, 0.15) is 13.8 Å². The molecule has 0 aliphatic carbocycles. The second-order valence-corrected chi connectivity index (χ2v) is 2.54. The van der Waals surface area contributed by atoms with Gasteiger partial charge in [-0.05, 0) is 13.8 Å². The molecule has 5 nitrogen and oxygen atoms in total. The van der Waals surface area contributed by atoms with E-state index < -0.39 is 6.29 Å². The van der Waals surface area contributed by atoms with Crippen LogP contribution in [0.15, 0.2) is 11.9 Å². The van der Waals surface area contributed by atoms with Crippen LogP contribution in [0.2, 0.25) is 0 Å². The van der Waals surface area contributed by atoms with Gasteiger partial charge in [-0.2, -0.15) is 0 Å². The zero-order valence-corrected chi connectivity index (χ0v) is 8.49. The number of nitrogens with two attached hydrogens (primary N) is 2. The van der Waals surface area contributed by atoms with Gasteiger partial charge in [0.15, 0.2) is 6.29 Å². The predicted molar refractivity (Wildman–Crippen MR) is 51.3 cm³/mol. The van der Waals surface area contributed by atoms with E-state index in [-0.39, 0.29) is 0 Å². The average molecular weight is 189 g/mol. The molecule has 0 radical (unpaired) electrons. The molecule has 0 rings (SSSR count). The van der Waals surface area contributed by atoms with Crippen LogP contribution in [0.25, 0.3) is 0 Å². The molecule has 13 heavy (non-hydrogen) atoms.